The lowest BCUT2D eigenvalue weighted by Gasteiger charge is -2.31. The fourth-order valence-corrected chi connectivity index (χ4v) is 4.04. The Balaban J connectivity index is 1.62. The molecule has 3 aromatic rings. The first-order valence-electron chi connectivity index (χ1n) is 10.2. The average molecular weight is 421 g/mol. The number of carbonyl (C=O) groups excluding carboxylic acids is 1. The second-order valence-electron chi connectivity index (χ2n) is 7.62. The number of amides is 1. The van der Waals surface area contributed by atoms with E-state index >= 15 is 0 Å². The number of piperazine rings is 1. The van der Waals surface area contributed by atoms with Crippen LogP contribution in [0.4, 0.5) is 20.2 Å². The number of hydrogen-bond acceptors (Lipinski definition) is 4. The number of nitrogens with one attached hydrogen (secondary N) is 1. The quantitative estimate of drug-likeness (QED) is 0.684. The number of ether oxygens (including phenoxy) is 1. The van der Waals surface area contributed by atoms with Crippen molar-refractivity contribution in [2.24, 2.45) is 0 Å². The molecule has 2 aliphatic rings. The molecule has 1 saturated heterocycles. The molecule has 0 atom stereocenters. The first kappa shape index (κ1) is 19.5. The Morgan fingerprint density at radius 1 is 0.903 bits per heavy atom. The maximum atomic E-state index is 14.2. The molecule has 0 unspecified atom stereocenters. The molecule has 0 aromatic heterocycles. The van der Waals surface area contributed by atoms with Crippen molar-refractivity contribution in [2.45, 2.75) is 6.54 Å². The number of hydrogen-bond donors (Lipinski definition) is 1. The third-order valence-electron chi connectivity index (χ3n) is 5.61. The molecule has 1 amide bonds. The van der Waals surface area contributed by atoms with Crippen LogP contribution in [-0.2, 0) is 6.54 Å². The van der Waals surface area contributed by atoms with Crippen LogP contribution >= 0.6 is 0 Å². The summed E-state index contributed by atoms with van der Waals surface area (Å²) >= 11 is 0. The summed E-state index contributed by atoms with van der Waals surface area (Å²) in [7, 11) is 0. The maximum Gasteiger partial charge on any atom is 0.262 e. The van der Waals surface area contributed by atoms with Crippen LogP contribution in [0.15, 0.2) is 60.7 Å². The molecule has 1 N–H and O–H groups in total. The molecule has 0 radical (unpaired) electrons. The molecule has 0 bridgehead atoms. The molecule has 2 heterocycles. The number of halogens is 2. The molecule has 31 heavy (non-hydrogen) atoms. The molecule has 0 aliphatic carbocycles. The normalized spacial score (nSPS) is 15.7. The topological polar surface area (TPSA) is 44.8 Å². The molecule has 1 fully saturated rings. The molecule has 5 rings (SSSR count). The molecule has 5 nitrogen and oxygen atoms in total. The Morgan fingerprint density at radius 2 is 1.65 bits per heavy atom. The van der Waals surface area contributed by atoms with Gasteiger partial charge < -0.3 is 19.9 Å². The van der Waals surface area contributed by atoms with Gasteiger partial charge in [0.1, 0.15) is 11.6 Å². The predicted octanol–water partition coefficient (Wildman–Crippen LogP) is 4.33. The lowest BCUT2D eigenvalue weighted by Crippen LogP contribution is -2.43. The molecule has 2 aliphatic heterocycles. The minimum atomic E-state index is -0.465. The third kappa shape index (κ3) is 3.72. The lowest BCUT2D eigenvalue weighted by atomic mass is 10.1. The van der Waals surface area contributed by atoms with Gasteiger partial charge in [-0.2, -0.15) is 0 Å². The summed E-state index contributed by atoms with van der Waals surface area (Å²) in [6, 6.07) is 15.6. The van der Waals surface area contributed by atoms with E-state index in [0.717, 1.165) is 37.4 Å². The summed E-state index contributed by atoms with van der Waals surface area (Å²) in [6.07, 6.45) is 0. The highest BCUT2D eigenvalue weighted by molar-refractivity contribution is 6.10. The van der Waals surface area contributed by atoms with E-state index in [2.05, 4.69) is 10.2 Å². The molecular weight excluding hydrogens is 400 g/mol. The Bertz CT molecular complexity index is 1130. The third-order valence-corrected chi connectivity index (χ3v) is 5.61. The fraction of sp³-hybridized carbons (Fsp3) is 0.208. The molecule has 0 saturated carbocycles. The second kappa shape index (κ2) is 8.00. The zero-order chi connectivity index (χ0) is 21.4. The average Bonchev–Trinajstić information content (AvgIpc) is 2.90. The van der Waals surface area contributed by atoms with Crippen molar-refractivity contribution in [2.75, 3.05) is 36.0 Å². The van der Waals surface area contributed by atoms with Crippen molar-refractivity contribution in [3.05, 3.63) is 83.4 Å². The van der Waals surface area contributed by atoms with Crippen LogP contribution in [0.1, 0.15) is 15.9 Å². The summed E-state index contributed by atoms with van der Waals surface area (Å²) in [5.41, 5.74) is 2.32. The Labute approximate surface area is 178 Å². The smallest absolute Gasteiger partial charge is 0.262 e. The van der Waals surface area contributed by atoms with Gasteiger partial charge in [-0.05, 0) is 42.0 Å². The van der Waals surface area contributed by atoms with E-state index in [0.29, 0.717) is 22.7 Å². The minimum Gasteiger partial charge on any atom is -0.452 e. The zero-order valence-electron chi connectivity index (χ0n) is 16.8. The molecule has 158 valence electrons. The highest BCUT2D eigenvalue weighted by Crippen LogP contribution is 2.44. The van der Waals surface area contributed by atoms with Gasteiger partial charge in [0.15, 0.2) is 11.5 Å². The van der Waals surface area contributed by atoms with Crippen molar-refractivity contribution in [1.29, 1.82) is 0 Å². The largest absolute Gasteiger partial charge is 0.452 e. The van der Waals surface area contributed by atoms with Crippen molar-refractivity contribution in [3.8, 4) is 11.5 Å². The van der Waals surface area contributed by atoms with Gasteiger partial charge in [0.25, 0.3) is 5.91 Å². The van der Waals surface area contributed by atoms with E-state index < -0.39 is 5.82 Å². The minimum absolute atomic E-state index is 0.163. The standard InChI is InChI=1S/C24H21F2N3O2/c25-17-6-4-16(5-7-17)15-29-21-14-18(26)8-9-22(21)31-23-19(24(29)30)2-1-3-20(23)28-12-10-27-11-13-28/h1-9,14,27H,10-13,15H2. The first-order valence-corrected chi connectivity index (χ1v) is 10.2. The zero-order valence-corrected chi connectivity index (χ0v) is 16.8. The summed E-state index contributed by atoms with van der Waals surface area (Å²) in [6.45, 7) is 3.44. The van der Waals surface area contributed by atoms with Gasteiger partial charge in [0.05, 0.1) is 23.5 Å². The monoisotopic (exact) mass is 421 g/mol. The van der Waals surface area contributed by atoms with Crippen LogP contribution in [0.5, 0.6) is 11.5 Å². The number of rotatable bonds is 3. The SMILES string of the molecule is O=C1c2cccc(N3CCNCC3)c2Oc2ccc(F)cc2N1Cc1ccc(F)cc1. The molecular formula is C24H21F2N3O2. The Morgan fingerprint density at radius 3 is 2.42 bits per heavy atom. The van der Waals surface area contributed by atoms with Crippen LogP contribution in [0.2, 0.25) is 0 Å². The van der Waals surface area contributed by atoms with E-state index in [-0.39, 0.29) is 18.3 Å². The van der Waals surface area contributed by atoms with Gasteiger partial charge in [-0.3, -0.25) is 4.79 Å². The number of benzene rings is 3. The number of nitrogens with zero attached hydrogens (tertiary/aromatic N) is 2. The number of carbonyl (C=O) groups is 1. The van der Waals surface area contributed by atoms with Gasteiger partial charge in [0, 0.05) is 32.2 Å². The lowest BCUT2D eigenvalue weighted by molar-refractivity contribution is 0.0985. The highest BCUT2D eigenvalue weighted by atomic mass is 19.1. The second-order valence-corrected chi connectivity index (χ2v) is 7.62. The Kier molecular flexibility index (Phi) is 5.03. The van der Waals surface area contributed by atoms with Crippen LogP contribution in [-0.4, -0.2) is 32.1 Å². The first-order chi connectivity index (χ1) is 15.1. The van der Waals surface area contributed by atoms with Crippen molar-refractivity contribution in [3.63, 3.8) is 0 Å². The number of anilines is 2. The predicted molar refractivity (Wildman–Crippen MR) is 115 cm³/mol. The van der Waals surface area contributed by atoms with Crippen LogP contribution in [0, 0.1) is 11.6 Å². The van der Waals surface area contributed by atoms with Crippen molar-refractivity contribution >= 4 is 17.3 Å². The molecule has 3 aromatic carbocycles. The fourth-order valence-electron chi connectivity index (χ4n) is 4.04. The Hall–Kier alpha value is -3.45. The van der Waals surface area contributed by atoms with Crippen LogP contribution in [0.3, 0.4) is 0 Å². The van der Waals surface area contributed by atoms with Gasteiger partial charge in [-0.25, -0.2) is 8.78 Å². The van der Waals surface area contributed by atoms with Crippen molar-refractivity contribution < 1.29 is 18.3 Å². The summed E-state index contributed by atoms with van der Waals surface area (Å²) < 4.78 is 33.8. The van der Waals surface area contributed by atoms with Gasteiger partial charge in [-0.15, -0.1) is 0 Å². The van der Waals surface area contributed by atoms with Crippen LogP contribution < -0.4 is 19.9 Å². The van der Waals surface area contributed by atoms with E-state index in [1.54, 1.807) is 24.3 Å². The number of para-hydroxylation sites is 1. The van der Waals surface area contributed by atoms with Gasteiger partial charge >= 0.3 is 0 Å². The van der Waals surface area contributed by atoms with E-state index in [1.165, 1.54) is 29.2 Å². The van der Waals surface area contributed by atoms with Crippen LogP contribution in [0.25, 0.3) is 0 Å². The summed E-state index contributed by atoms with van der Waals surface area (Å²) in [5.74, 6) is -0.234. The summed E-state index contributed by atoms with van der Waals surface area (Å²) in [5, 5.41) is 3.32. The summed E-state index contributed by atoms with van der Waals surface area (Å²) in [4.78, 5) is 17.3. The molecule has 0 spiro atoms. The van der Waals surface area contributed by atoms with E-state index in [9.17, 15) is 13.6 Å². The van der Waals surface area contributed by atoms with E-state index in [1.807, 2.05) is 12.1 Å². The van der Waals surface area contributed by atoms with E-state index in [4.69, 9.17) is 4.74 Å². The molecule has 7 heteroatoms. The van der Waals surface area contributed by atoms with Crippen molar-refractivity contribution in [1.82, 2.24) is 5.32 Å². The highest BCUT2D eigenvalue weighted by Gasteiger charge is 2.31. The van der Waals surface area contributed by atoms with Gasteiger partial charge in [0.2, 0.25) is 0 Å². The number of fused-ring (bicyclic) bond motifs is 2. The van der Waals surface area contributed by atoms with Gasteiger partial charge in [-0.1, -0.05) is 18.2 Å². The maximum absolute atomic E-state index is 14.2.